The number of nitrogens with one attached hydrogen (secondary N) is 2. The molecule has 4 rings (SSSR count). The molecule has 0 radical (unpaired) electrons. The third-order valence-corrected chi connectivity index (χ3v) is 7.65. The summed E-state index contributed by atoms with van der Waals surface area (Å²) in [4.78, 5) is 38.7. The smallest absolute Gasteiger partial charge is 0.297 e. The molecule has 0 aliphatic carbocycles. The summed E-state index contributed by atoms with van der Waals surface area (Å²) in [7, 11) is -2.36. The van der Waals surface area contributed by atoms with Crippen LogP contribution in [0.4, 0.5) is 15.8 Å². The van der Waals surface area contributed by atoms with Crippen molar-refractivity contribution < 1.29 is 27.1 Å². The summed E-state index contributed by atoms with van der Waals surface area (Å²) in [6.07, 6.45) is 2.43. The van der Waals surface area contributed by atoms with Gasteiger partial charge in [-0.15, -0.1) is 0 Å². The van der Waals surface area contributed by atoms with E-state index < -0.39 is 45.0 Å². The number of pyridine rings is 1. The maximum Gasteiger partial charge on any atom is 0.297 e. The van der Waals surface area contributed by atoms with Crippen molar-refractivity contribution in [1.82, 2.24) is 8.87 Å². The van der Waals surface area contributed by atoms with Gasteiger partial charge < -0.3 is 15.4 Å². The second kappa shape index (κ2) is 10.9. The highest BCUT2D eigenvalue weighted by Gasteiger charge is 2.45. The lowest BCUT2D eigenvalue weighted by molar-refractivity contribution is -0.127. The molecule has 1 aromatic heterocycles. The number of hydrogen-bond donors (Lipinski definition) is 2. The molecule has 200 valence electrons. The molecule has 2 atom stereocenters. The highest BCUT2D eigenvalue weighted by Crippen LogP contribution is 2.29. The molecule has 1 saturated heterocycles. The molecule has 2 aromatic carbocycles. The number of sulfonamides is 1. The van der Waals surface area contributed by atoms with Crippen molar-refractivity contribution >= 4 is 44.8 Å². The molecule has 2 amide bonds. The minimum Gasteiger partial charge on any atom is -0.491 e. The monoisotopic (exact) mass is 562 g/mol. The van der Waals surface area contributed by atoms with Gasteiger partial charge in [-0.05, 0) is 48.5 Å². The lowest BCUT2D eigenvalue weighted by Crippen LogP contribution is -2.35. The number of ether oxygens (including phenoxy) is 1. The van der Waals surface area contributed by atoms with E-state index in [-0.39, 0.29) is 30.2 Å². The van der Waals surface area contributed by atoms with E-state index in [0.717, 1.165) is 16.6 Å². The largest absolute Gasteiger partial charge is 0.491 e. The van der Waals surface area contributed by atoms with Gasteiger partial charge in [-0.2, -0.15) is 0 Å². The average Bonchev–Trinajstić information content (AvgIpc) is 3.34. The molecule has 1 fully saturated rings. The summed E-state index contributed by atoms with van der Waals surface area (Å²) < 4.78 is 46.6. The molecule has 0 saturated carbocycles. The normalized spacial score (nSPS) is 17.7. The van der Waals surface area contributed by atoms with Crippen LogP contribution >= 0.6 is 11.6 Å². The SMILES string of the molecule is COc1cccn(-c2ccc(NC(=O)[C@H]3CN(S(C)(=O)=O)C[C@@H]3C(=O)Nc3ccc(Cl)cc3)c(F)c2)c1=O. The molecule has 2 heterocycles. The zero-order chi connectivity index (χ0) is 27.6. The highest BCUT2D eigenvalue weighted by molar-refractivity contribution is 7.88. The molecule has 1 aliphatic heterocycles. The van der Waals surface area contributed by atoms with E-state index in [4.69, 9.17) is 16.3 Å². The Kier molecular flexibility index (Phi) is 7.86. The van der Waals surface area contributed by atoms with Gasteiger partial charge in [0.05, 0.1) is 36.6 Å². The van der Waals surface area contributed by atoms with E-state index in [1.165, 1.54) is 36.1 Å². The van der Waals surface area contributed by atoms with Crippen LogP contribution in [0.1, 0.15) is 0 Å². The van der Waals surface area contributed by atoms with Gasteiger partial charge in [0.15, 0.2) is 5.75 Å². The van der Waals surface area contributed by atoms with Crippen LogP contribution in [0.25, 0.3) is 5.69 Å². The second-order valence-corrected chi connectivity index (χ2v) is 11.1. The topological polar surface area (TPSA) is 127 Å². The summed E-state index contributed by atoms with van der Waals surface area (Å²) in [6.45, 7) is -0.460. The molecule has 3 aromatic rings. The van der Waals surface area contributed by atoms with Gasteiger partial charge in [0.1, 0.15) is 5.82 Å². The Hall–Kier alpha value is -3.74. The zero-order valence-corrected chi connectivity index (χ0v) is 21.9. The van der Waals surface area contributed by atoms with Gasteiger partial charge in [0, 0.05) is 36.1 Å². The number of aromatic nitrogens is 1. The predicted molar refractivity (Wildman–Crippen MR) is 141 cm³/mol. The molecule has 0 bridgehead atoms. The Labute approximate surface area is 223 Å². The number of nitrogens with zero attached hydrogens (tertiary/aromatic N) is 2. The number of carbonyl (C=O) groups excluding carboxylic acids is 2. The fourth-order valence-corrected chi connectivity index (χ4v) is 5.14. The maximum atomic E-state index is 15.0. The molecule has 1 aliphatic rings. The van der Waals surface area contributed by atoms with Crippen molar-refractivity contribution in [2.75, 3.05) is 37.1 Å². The first kappa shape index (κ1) is 27.3. The summed E-state index contributed by atoms with van der Waals surface area (Å²) >= 11 is 5.87. The van der Waals surface area contributed by atoms with E-state index in [0.29, 0.717) is 10.7 Å². The van der Waals surface area contributed by atoms with Crippen LogP contribution in [0.15, 0.2) is 65.6 Å². The minimum absolute atomic E-state index is 0.0740. The first-order valence-corrected chi connectivity index (χ1v) is 13.6. The van der Waals surface area contributed by atoms with Crippen LogP contribution in [0.5, 0.6) is 5.75 Å². The summed E-state index contributed by atoms with van der Waals surface area (Å²) in [5.41, 5.74) is -0.0589. The molecular weight excluding hydrogens is 539 g/mol. The Morgan fingerprint density at radius 2 is 1.66 bits per heavy atom. The Morgan fingerprint density at radius 1 is 1.03 bits per heavy atom. The van der Waals surface area contributed by atoms with Gasteiger partial charge >= 0.3 is 0 Å². The third kappa shape index (κ3) is 5.87. The van der Waals surface area contributed by atoms with Crippen LogP contribution in [0.2, 0.25) is 5.02 Å². The van der Waals surface area contributed by atoms with Crippen LogP contribution in [0.3, 0.4) is 0 Å². The van der Waals surface area contributed by atoms with Crippen LogP contribution < -0.4 is 20.9 Å². The average molecular weight is 563 g/mol. The summed E-state index contributed by atoms with van der Waals surface area (Å²) in [5, 5.41) is 5.59. The zero-order valence-electron chi connectivity index (χ0n) is 20.4. The summed E-state index contributed by atoms with van der Waals surface area (Å²) in [6, 6.07) is 13.1. The van der Waals surface area contributed by atoms with Crippen molar-refractivity contribution in [3.8, 4) is 11.4 Å². The van der Waals surface area contributed by atoms with Crippen molar-refractivity contribution in [3.63, 3.8) is 0 Å². The molecule has 2 N–H and O–H groups in total. The lowest BCUT2D eigenvalue weighted by atomic mass is 9.94. The lowest BCUT2D eigenvalue weighted by Gasteiger charge is -2.18. The number of rotatable bonds is 7. The molecule has 0 spiro atoms. The van der Waals surface area contributed by atoms with Crippen molar-refractivity contribution in [3.05, 3.63) is 82.0 Å². The van der Waals surface area contributed by atoms with E-state index in [1.54, 1.807) is 30.3 Å². The number of amides is 2. The standard InChI is InChI=1S/C25H24ClFN4O6S/c1-37-22-4-3-11-31(25(22)34)17-9-10-21(20(27)12-17)29-24(33)19-14-30(38(2,35)36)13-18(19)23(32)28-16-7-5-15(26)6-8-16/h3-12,18-19H,13-14H2,1-2H3,(H,28,32)(H,29,33)/t18-,19-/m0/s1. The van der Waals surface area contributed by atoms with E-state index in [9.17, 15) is 27.2 Å². The Bertz CT molecular complexity index is 1540. The van der Waals surface area contributed by atoms with Crippen molar-refractivity contribution in [2.45, 2.75) is 0 Å². The quantitative estimate of drug-likeness (QED) is 0.456. The Balaban J connectivity index is 1.56. The van der Waals surface area contributed by atoms with Gasteiger partial charge in [0.25, 0.3) is 5.56 Å². The number of benzene rings is 2. The number of hydrogen-bond acceptors (Lipinski definition) is 6. The van der Waals surface area contributed by atoms with Gasteiger partial charge in [-0.3, -0.25) is 19.0 Å². The van der Waals surface area contributed by atoms with Crippen LogP contribution in [-0.2, 0) is 19.6 Å². The number of anilines is 2. The van der Waals surface area contributed by atoms with Crippen molar-refractivity contribution in [1.29, 1.82) is 0 Å². The minimum atomic E-state index is -3.70. The van der Waals surface area contributed by atoms with Gasteiger partial charge in [0.2, 0.25) is 21.8 Å². The molecule has 0 unspecified atom stereocenters. The first-order valence-electron chi connectivity index (χ1n) is 11.4. The second-order valence-electron chi connectivity index (χ2n) is 8.69. The van der Waals surface area contributed by atoms with E-state index in [2.05, 4.69) is 10.6 Å². The molecular formula is C25H24ClFN4O6S. The molecule has 38 heavy (non-hydrogen) atoms. The van der Waals surface area contributed by atoms with Gasteiger partial charge in [-0.25, -0.2) is 17.1 Å². The van der Waals surface area contributed by atoms with Crippen molar-refractivity contribution in [2.24, 2.45) is 11.8 Å². The fourth-order valence-electron chi connectivity index (χ4n) is 4.15. The van der Waals surface area contributed by atoms with Gasteiger partial charge in [-0.1, -0.05) is 11.6 Å². The number of carbonyl (C=O) groups is 2. The Morgan fingerprint density at radius 3 is 2.24 bits per heavy atom. The first-order chi connectivity index (χ1) is 18.0. The van der Waals surface area contributed by atoms with Crippen LogP contribution in [-0.4, -0.2) is 55.6 Å². The van der Waals surface area contributed by atoms with E-state index in [1.807, 2.05) is 0 Å². The molecule has 13 heteroatoms. The fraction of sp³-hybridized carbons (Fsp3) is 0.240. The molecule has 10 nitrogen and oxygen atoms in total. The maximum absolute atomic E-state index is 15.0. The summed E-state index contributed by atoms with van der Waals surface area (Å²) in [5.74, 6) is -4.16. The highest BCUT2D eigenvalue weighted by atomic mass is 35.5. The predicted octanol–water partition coefficient (Wildman–Crippen LogP) is 2.72. The number of methoxy groups -OCH3 is 1. The third-order valence-electron chi connectivity index (χ3n) is 6.16. The van der Waals surface area contributed by atoms with Crippen LogP contribution in [0, 0.1) is 17.7 Å². The van der Waals surface area contributed by atoms with E-state index >= 15 is 0 Å². The number of halogens is 2.